The molecule has 7 heteroatoms. The molecule has 0 atom stereocenters. The van der Waals surface area contributed by atoms with E-state index < -0.39 is 0 Å². The molecule has 0 saturated carbocycles. The van der Waals surface area contributed by atoms with Crippen LogP contribution in [-0.4, -0.2) is 30.7 Å². The minimum absolute atomic E-state index is 0.0637. The Kier molecular flexibility index (Phi) is 7.71. The van der Waals surface area contributed by atoms with E-state index in [-0.39, 0.29) is 11.5 Å². The number of halogens is 1. The summed E-state index contributed by atoms with van der Waals surface area (Å²) in [7, 11) is 3.19. The number of methoxy groups -OCH3 is 2. The fraction of sp³-hybridized carbons (Fsp3) is 0.107. The Bertz CT molecular complexity index is 1380. The van der Waals surface area contributed by atoms with Gasteiger partial charge < -0.3 is 9.47 Å². The van der Waals surface area contributed by atoms with E-state index in [4.69, 9.17) is 26.1 Å². The maximum atomic E-state index is 12.8. The second kappa shape index (κ2) is 11.1. The van der Waals surface area contributed by atoms with Gasteiger partial charge in [-0.1, -0.05) is 35.5 Å². The molecule has 0 fully saturated rings. The summed E-state index contributed by atoms with van der Waals surface area (Å²) in [5, 5.41) is 11.1. The number of ketones is 1. The Morgan fingerprint density at radius 1 is 0.914 bits per heavy atom. The van der Waals surface area contributed by atoms with E-state index in [1.165, 1.54) is 11.8 Å². The van der Waals surface area contributed by atoms with Crippen LogP contribution in [0.1, 0.15) is 15.9 Å². The number of nitriles is 1. The fourth-order valence-corrected chi connectivity index (χ4v) is 4.52. The van der Waals surface area contributed by atoms with Crippen LogP contribution in [0.2, 0.25) is 5.02 Å². The number of thioether (sulfide) groups is 1. The molecule has 3 aromatic carbocycles. The Morgan fingerprint density at radius 2 is 1.49 bits per heavy atom. The van der Waals surface area contributed by atoms with E-state index in [1.54, 1.807) is 50.6 Å². The van der Waals surface area contributed by atoms with Gasteiger partial charge >= 0.3 is 0 Å². The number of nitrogens with zero attached hydrogens (tertiary/aromatic N) is 2. The lowest BCUT2D eigenvalue weighted by Gasteiger charge is -2.13. The van der Waals surface area contributed by atoms with Crippen molar-refractivity contribution in [2.45, 2.75) is 5.03 Å². The van der Waals surface area contributed by atoms with Crippen LogP contribution in [0.4, 0.5) is 0 Å². The lowest BCUT2D eigenvalue weighted by atomic mass is 9.99. The van der Waals surface area contributed by atoms with Crippen molar-refractivity contribution in [3.05, 3.63) is 95.0 Å². The summed E-state index contributed by atoms with van der Waals surface area (Å²) in [5.74, 6) is 1.49. The average molecular weight is 501 g/mol. The molecular weight excluding hydrogens is 480 g/mol. The number of carbonyl (C=O) groups excluding carboxylic acids is 1. The summed E-state index contributed by atoms with van der Waals surface area (Å²) in [5.41, 5.74) is 4.11. The molecule has 174 valence electrons. The van der Waals surface area contributed by atoms with E-state index in [1.807, 2.05) is 42.5 Å². The van der Waals surface area contributed by atoms with Gasteiger partial charge in [-0.25, -0.2) is 4.98 Å². The molecule has 0 amide bonds. The zero-order valence-electron chi connectivity index (χ0n) is 19.1. The van der Waals surface area contributed by atoms with Crippen molar-refractivity contribution >= 4 is 29.1 Å². The van der Waals surface area contributed by atoms with Gasteiger partial charge in [0.2, 0.25) is 0 Å². The summed E-state index contributed by atoms with van der Waals surface area (Å²) in [4.78, 5) is 17.6. The number of aromatic nitrogens is 1. The standard InChI is InChI=1S/C28H21ClN2O3S/c1-33-22-11-5-19(6-12-22)26-15-24(18-3-9-21(29)10-4-18)25(16-30)28(31-26)35-17-27(32)20-7-13-23(34-2)14-8-20/h3-15H,17H2,1-2H3. The largest absolute Gasteiger partial charge is 0.497 e. The molecule has 1 heterocycles. The highest BCUT2D eigenvalue weighted by molar-refractivity contribution is 8.00. The quantitative estimate of drug-likeness (QED) is 0.193. The maximum Gasteiger partial charge on any atom is 0.173 e. The smallest absolute Gasteiger partial charge is 0.173 e. The van der Waals surface area contributed by atoms with Crippen molar-refractivity contribution in [1.82, 2.24) is 4.98 Å². The Hall–Kier alpha value is -3.79. The normalized spacial score (nSPS) is 10.5. The van der Waals surface area contributed by atoms with Crippen LogP contribution in [0.3, 0.4) is 0 Å². The van der Waals surface area contributed by atoms with Crippen LogP contribution in [0.25, 0.3) is 22.4 Å². The Labute approximate surface area is 213 Å². The number of rotatable bonds is 8. The maximum absolute atomic E-state index is 12.8. The molecule has 0 N–H and O–H groups in total. The summed E-state index contributed by atoms with van der Waals surface area (Å²) >= 11 is 7.33. The number of benzene rings is 3. The number of hydrogen-bond acceptors (Lipinski definition) is 6. The molecule has 0 saturated heterocycles. The number of carbonyl (C=O) groups is 1. The van der Waals surface area contributed by atoms with Gasteiger partial charge in [0.15, 0.2) is 5.78 Å². The fourth-order valence-electron chi connectivity index (χ4n) is 3.50. The number of hydrogen-bond donors (Lipinski definition) is 0. The second-order valence-electron chi connectivity index (χ2n) is 7.52. The molecule has 0 bridgehead atoms. The number of Topliss-reactive ketones (excluding diaryl/α,β-unsaturated/α-hetero) is 1. The van der Waals surface area contributed by atoms with Gasteiger partial charge in [0, 0.05) is 21.7 Å². The van der Waals surface area contributed by atoms with Crippen molar-refractivity contribution in [3.63, 3.8) is 0 Å². The third-order valence-electron chi connectivity index (χ3n) is 5.39. The zero-order chi connectivity index (χ0) is 24.8. The van der Waals surface area contributed by atoms with Gasteiger partial charge in [0.1, 0.15) is 22.6 Å². The number of pyridine rings is 1. The van der Waals surface area contributed by atoms with Crippen LogP contribution in [0.15, 0.2) is 83.9 Å². The first-order valence-corrected chi connectivity index (χ1v) is 12.0. The lowest BCUT2D eigenvalue weighted by molar-refractivity contribution is 0.102. The van der Waals surface area contributed by atoms with E-state index in [2.05, 4.69) is 6.07 Å². The minimum Gasteiger partial charge on any atom is -0.497 e. The van der Waals surface area contributed by atoms with Crippen molar-refractivity contribution in [2.75, 3.05) is 20.0 Å². The predicted octanol–water partition coefficient (Wildman–Crippen LogP) is 6.93. The van der Waals surface area contributed by atoms with E-state index in [9.17, 15) is 10.1 Å². The van der Waals surface area contributed by atoms with Gasteiger partial charge in [-0.2, -0.15) is 5.26 Å². The first-order chi connectivity index (χ1) is 17.0. The zero-order valence-corrected chi connectivity index (χ0v) is 20.7. The molecule has 4 aromatic rings. The van der Waals surface area contributed by atoms with E-state index in [0.29, 0.717) is 32.6 Å². The van der Waals surface area contributed by atoms with Gasteiger partial charge in [-0.15, -0.1) is 0 Å². The SMILES string of the molecule is COc1ccc(C(=O)CSc2nc(-c3ccc(OC)cc3)cc(-c3ccc(Cl)cc3)c2C#N)cc1. The summed E-state index contributed by atoms with van der Waals surface area (Å²) in [6.45, 7) is 0. The molecule has 1 aromatic heterocycles. The lowest BCUT2D eigenvalue weighted by Crippen LogP contribution is -2.04. The highest BCUT2D eigenvalue weighted by atomic mass is 35.5. The molecule has 0 unspecified atom stereocenters. The summed E-state index contributed by atoms with van der Waals surface area (Å²) < 4.78 is 10.4. The van der Waals surface area contributed by atoms with Crippen molar-refractivity contribution < 1.29 is 14.3 Å². The van der Waals surface area contributed by atoms with Crippen LogP contribution in [-0.2, 0) is 0 Å². The molecule has 0 aliphatic heterocycles. The molecule has 35 heavy (non-hydrogen) atoms. The summed E-state index contributed by atoms with van der Waals surface area (Å²) in [6, 6.07) is 26.0. The molecule has 0 aliphatic carbocycles. The summed E-state index contributed by atoms with van der Waals surface area (Å²) in [6.07, 6.45) is 0. The Morgan fingerprint density at radius 3 is 2.06 bits per heavy atom. The highest BCUT2D eigenvalue weighted by Gasteiger charge is 2.18. The van der Waals surface area contributed by atoms with Gasteiger partial charge in [0.05, 0.1) is 31.2 Å². The van der Waals surface area contributed by atoms with E-state index >= 15 is 0 Å². The average Bonchev–Trinajstić information content (AvgIpc) is 2.91. The monoisotopic (exact) mass is 500 g/mol. The third kappa shape index (κ3) is 5.65. The molecule has 0 aliphatic rings. The molecule has 4 rings (SSSR count). The van der Waals surface area contributed by atoms with E-state index in [0.717, 1.165) is 22.4 Å². The van der Waals surface area contributed by atoms with Crippen LogP contribution >= 0.6 is 23.4 Å². The Balaban J connectivity index is 1.73. The van der Waals surface area contributed by atoms with Gasteiger partial charge in [-0.05, 0) is 72.3 Å². The van der Waals surface area contributed by atoms with Crippen molar-refractivity contribution in [2.24, 2.45) is 0 Å². The molecule has 0 spiro atoms. The van der Waals surface area contributed by atoms with Crippen molar-refractivity contribution in [3.8, 4) is 40.0 Å². The molecule has 5 nitrogen and oxygen atoms in total. The highest BCUT2D eigenvalue weighted by Crippen LogP contribution is 2.35. The van der Waals surface area contributed by atoms with Crippen LogP contribution in [0.5, 0.6) is 11.5 Å². The molecule has 0 radical (unpaired) electrons. The van der Waals surface area contributed by atoms with Crippen LogP contribution < -0.4 is 9.47 Å². The van der Waals surface area contributed by atoms with Crippen LogP contribution in [0, 0.1) is 11.3 Å². The first kappa shape index (κ1) is 24.3. The predicted molar refractivity (Wildman–Crippen MR) is 139 cm³/mol. The second-order valence-corrected chi connectivity index (χ2v) is 8.92. The third-order valence-corrected chi connectivity index (χ3v) is 6.62. The van der Waals surface area contributed by atoms with Gasteiger partial charge in [0.25, 0.3) is 0 Å². The molecular formula is C28H21ClN2O3S. The topological polar surface area (TPSA) is 72.2 Å². The van der Waals surface area contributed by atoms with Gasteiger partial charge in [-0.3, -0.25) is 4.79 Å². The minimum atomic E-state index is -0.0637. The number of ether oxygens (including phenoxy) is 2. The van der Waals surface area contributed by atoms with Crippen molar-refractivity contribution in [1.29, 1.82) is 5.26 Å². The first-order valence-electron chi connectivity index (χ1n) is 10.7.